The van der Waals surface area contributed by atoms with E-state index in [1.165, 1.54) is 11.8 Å². The highest BCUT2D eigenvalue weighted by Crippen LogP contribution is 2.24. The lowest BCUT2D eigenvalue weighted by Gasteiger charge is -2.15. The normalized spacial score (nSPS) is 13.2. The molecule has 2 aromatic rings. The second-order valence-electron chi connectivity index (χ2n) is 6.96. The van der Waals surface area contributed by atoms with Gasteiger partial charge in [-0.1, -0.05) is 28.1 Å². The number of carbonyl (C=O) groups is 3. The molecule has 2 amide bonds. The summed E-state index contributed by atoms with van der Waals surface area (Å²) in [6.07, 6.45) is 2.09. The number of aryl methyl sites for hydroxylation is 1. The fourth-order valence-electron chi connectivity index (χ4n) is 3.09. The zero-order valence-corrected chi connectivity index (χ0v) is 19.1. The van der Waals surface area contributed by atoms with Crippen LogP contribution in [0.1, 0.15) is 28.8 Å². The van der Waals surface area contributed by atoms with Crippen LogP contribution in [0.25, 0.3) is 0 Å². The van der Waals surface area contributed by atoms with Gasteiger partial charge in [0, 0.05) is 28.1 Å². The SMILES string of the molecule is Cc1cc(NC(=O)COC(=O)c2ccccc2SCC(=O)N2CCCC2)ccc1Br. The van der Waals surface area contributed by atoms with Gasteiger partial charge in [-0.25, -0.2) is 4.79 Å². The van der Waals surface area contributed by atoms with Crippen molar-refractivity contribution in [2.45, 2.75) is 24.7 Å². The Labute approximate surface area is 188 Å². The van der Waals surface area contributed by atoms with Crippen LogP contribution in [0.15, 0.2) is 51.8 Å². The summed E-state index contributed by atoms with van der Waals surface area (Å²) in [6, 6.07) is 12.4. The third kappa shape index (κ3) is 6.09. The minimum atomic E-state index is -0.589. The molecule has 0 radical (unpaired) electrons. The van der Waals surface area contributed by atoms with E-state index < -0.39 is 11.9 Å². The molecule has 158 valence electrons. The maximum absolute atomic E-state index is 12.5. The van der Waals surface area contributed by atoms with Crippen LogP contribution in [0.4, 0.5) is 5.69 Å². The summed E-state index contributed by atoms with van der Waals surface area (Å²) < 4.78 is 6.14. The molecule has 0 spiro atoms. The number of hydrogen-bond acceptors (Lipinski definition) is 5. The van der Waals surface area contributed by atoms with Gasteiger partial charge in [0.1, 0.15) is 0 Å². The number of likely N-dealkylation sites (tertiary alicyclic amines) is 1. The van der Waals surface area contributed by atoms with Gasteiger partial charge in [0.25, 0.3) is 5.91 Å². The minimum absolute atomic E-state index is 0.0739. The summed E-state index contributed by atoms with van der Waals surface area (Å²) in [7, 11) is 0. The van der Waals surface area contributed by atoms with Crippen molar-refractivity contribution >= 4 is 51.2 Å². The number of halogens is 1. The second-order valence-corrected chi connectivity index (χ2v) is 8.83. The smallest absolute Gasteiger partial charge is 0.339 e. The molecular formula is C22H23BrN2O4S. The molecule has 2 aromatic carbocycles. The van der Waals surface area contributed by atoms with Crippen LogP contribution in [0.5, 0.6) is 0 Å². The van der Waals surface area contributed by atoms with Crippen LogP contribution in [0, 0.1) is 6.92 Å². The number of carbonyl (C=O) groups excluding carboxylic acids is 3. The average Bonchev–Trinajstić information content (AvgIpc) is 3.28. The van der Waals surface area contributed by atoms with Crippen LogP contribution >= 0.6 is 27.7 Å². The van der Waals surface area contributed by atoms with Crippen molar-refractivity contribution in [3.05, 3.63) is 58.1 Å². The first kappa shape index (κ1) is 22.4. The van der Waals surface area contributed by atoms with Crippen molar-refractivity contribution in [1.29, 1.82) is 0 Å². The number of amides is 2. The molecule has 8 heteroatoms. The number of ether oxygens (including phenoxy) is 1. The number of hydrogen-bond donors (Lipinski definition) is 1. The maximum atomic E-state index is 12.5. The van der Waals surface area contributed by atoms with Crippen molar-refractivity contribution in [3.8, 4) is 0 Å². The molecule has 1 saturated heterocycles. The van der Waals surface area contributed by atoms with Crippen LogP contribution in [0.3, 0.4) is 0 Å². The van der Waals surface area contributed by atoms with Crippen molar-refractivity contribution in [2.24, 2.45) is 0 Å². The highest BCUT2D eigenvalue weighted by molar-refractivity contribution is 9.10. The predicted octanol–water partition coefficient (Wildman–Crippen LogP) is 4.27. The predicted molar refractivity (Wildman–Crippen MR) is 121 cm³/mol. The van der Waals surface area contributed by atoms with E-state index in [2.05, 4.69) is 21.2 Å². The van der Waals surface area contributed by atoms with Crippen LogP contribution < -0.4 is 5.32 Å². The molecule has 0 saturated carbocycles. The van der Waals surface area contributed by atoms with Gasteiger partial charge in [0.2, 0.25) is 5.91 Å². The van der Waals surface area contributed by atoms with Gasteiger partial charge < -0.3 is 15.0 Å². The first-order chi connectivity index (χ1) is 14.4. The molecule has 0 aromatic heterocycles. The number of nitrogens with one attached hydrogen (secondary N) is 1. The molecule has 0 bridgehead atoms. The second kappa shape index (κ2) is 10.6. The lowest BCUT2D eigenvalue weighted by Crippen LogP contribution is -2.29. The van der Waals surface area contributed by atoms with Crippen LogP contribution in [0.2, 0.25) is 0 Å². The van der Waals surface area contributed by atoms with E-state index in [1.54, 1.807) is 24.3 Å². The van der Waals surface area contributed by atoms with Gasteiger partial charge in [-0.3, -0.25) is 9.59 Å². The summed E-state index contributed by atoms with van der Waals surface area (Å²) in [6.45, 7) is 3.13. The number of esters is 1. The van der Waals surface area contributed by atoms with E-state index in [-0.39, 0.29) is 18.3 Å². The highest BCUT2D eigenvalue weighted by atomic mass is 79.9. The Hall–Kier alpha value is -2.32. The standard InChI is InChI=1S/C22H23BrN2O4S/c1-15-12-16(8-9-18(15)23)24-20(26)13-29-22(28)17-6-2-3-7-19(17)30-14-21(27)25-10-4-5-11-25/h2-3,6-9,12H,4-5,10-11,13-14H2,1H3,(H,24,26). The maximum Gasteiger partial charge on any atom is 0.339 e. The Bertz CT molecular complexity index is 944. The molecule has 3 rings (SSSR count). The average molecular weight is 491 g/mol. The zero-order chi connectivity index (χ0) is 21.5. The summed E-state index contributed by atoms with van der Waals surface area (Å²) in [5, 5.41) is 2.71. The first-order valence-corrected chi connectivity index (χ1v) is 11.4. The van der Waals surface area contributed by atoms with Gasteiger partial charge in [0.05, 0.1) is 11.3 Å². The third-order valence-corrected chi connectivity index (χ3v) is 6.64. The molecule has 0 unspecified atom stereocenters. The van der Waals surface area contributed by atoms with E-state index >= 15 is 0 Å². The summed E-state index contributed by atoms with van der Waals surface area (Å²) >= 11 is 4.72. The number of rotatable bonds is 7. The molecule has 0 atom stereocenters. The van der Waals surface area contributed by atoms with Crippen LogP contribution in [-0.4, -0.2) is 48.1 Å². The van der Waals surface area contributed by atoms with Crippen LogP contribution in [-0.2, 0) is 14.3 Å². The largest absolute Gasteiger partial charge is 0.452 e. The molecule has 1 aliphatic heterocycles. The van der Waals surface area contributed by atoms with Crippen molar-refractivity contribution in [1.82, 2.24) is 4.90 Å². The first-order valence-electron chi connectivity index (χ1n) is 9.67. The lowest BCUT2D eigenvalue weighted by molar-refractivity contribution is -0.127. The number of nitrogens with zero attached hydrogens (tertiary/aromatic N) is 1. The van der Waals surface area contributed by atoms with Gasteiger partial charge in [-0.15, -0.1) is 11.8 Å². The van der Waals surface area contributed by atoms with E-state index in [4.69, 9.17) is 4.74 Å². The van der Waals surface area contributed by atoms with E-state index in [1.807, 2.05) is 30.0 Å². The monoisotopic (exact) mass is 490 g/mol. The van der Waals surface area contributed by atoms with Gasteiger partial charge >= 0.3 is 5.97 Å². The third-order valence-electron chi connectivity index (χ3n) is 4.69. The van der Waals surface area contributed by atoms with Gasteiger partial charge in [-0.05, 0) is 55.7 Å². The summed E-state index contributed by atoms with van der Waals surface area (Å²) in [5.74, 6) is -0.661. The van der Waals surface area contributed by atoms with Gasteiger partial charge in [-0.2, -0.15) is 0 Å². The zero-order valence-electron chi connectivity index (χ0n) is 16.7. The number of anilines is 1. The van der Waals surface area contributed by atoms with Crippen molar-refractivity contribution in [2.75, 3.05) is 30.8 Å². The van der Waals surface area contributed by atoms with E-state index in [0.29, 0.717) is 16.1 Å². The summed E-state index contributed by atoms with van der Waals surface area (Å²) in [5.41, 5.74) is 1.97. The Kier molecular flexibility index (Phi) is 7.93. The Morgan fingerprint density at radius 1 is 1.13 bits per heavy atom. The van der Waals surface area contributed by atoms with Crippen molar-refractivity contribution in [3.63, 3.8) is 0 Å². The van der Waals surface area contributed by atoms with E-state index in [0.717, 1.165) is 36.0 Å². The van der Waals surface area contributed by atoms with E-state index in [9.17, 15) is 14.4 Å². The Balaban J connectivity index is 1.54. The van der Waals surface area contributed by atoms with Crippen molar-refractivity contribution < 1.29 is 19.1 Å². The topological polar surface area (TPSA) is 75.7 Å². The molecule has 1 fully saturated rings. The summed E-state index contributed by atoms with van der Waals surface area (Å²) in [4.78, 5) is 39.4. The molecule has 1 heterocycles. The van der Waals surface area contributed by atoms with Gasteiger partial charge in [0.15, 0.2) is 6.61 Å². The Morgan fingerprint density at radius 2 is 1.87 bits per heavy atom. The lowest BCUT2D eigenvalue weighted by atomic mass is 10.2. The number of thioether (sulfide) groups is 1. The molecular weight excluding hydrogens is 468 g/mol. The quantitative estimate of drug-likeness (QED) is 0.463. The fraction of sp³-hybridized carbons (Fsp3) is 0.318. The molecule has 6 nitrogen and oxygen atoms in total. The Morgan fingerprint density at radius 3 is 2.60 bits per heavy atom. The highest BCUT2D eigenvalue weighted by Gasteiger charge is 2.20. The fourth-order valence-corrected chi connectivity index (χ4v) is 4.28. The minimum Gasteiger partial charge on any atom is -0.452 e. The molecule has 30 heavy (non-hydrogen) atoms. The molecule has 0 aliphatic carbocycles. The molecule has 1 aliphatic rings. The molecule has 1 N–H and O–H groups in total. The number of benzene rings is 2.